The summed E-state index contributed by atoms with van der Waals surface area (Å²) >= 11 is 0. The van der Waals surface area contributed by atoms with Crippen molar-refractivity contribution in [2.75, 3.05) is 18.1 Å². The molecule has 1 atom stereocenters. The highest BCUT2D eigenvalue weighted by atomic mass is 16.5. The Morgan fingerprint density at radius 3 is 2.71 bits per heavy atom. The van der Waals surface area contributed by atoms with Gasteiger partial charge in [-0.25, -0.2) is 4.98 Å². The molecular formula is C30H30N4O4. The van der Waals surface area contributed by atoms with E-state index in [0.717, 1.165) is 29.8 Å². The molecule has 0 fully saturated rings. The molecule has 194 valence electrons. The van der Waals surface area contributed by atoms with Crippen LogP contribution in [0, 0.1) is 13.8 Å². The number of anilines is 2. The fourth-order valence-corrected chi connectivity index (χ4v) is 4.75. The molecule has 5 rings (SSSR count). The van der Waals surface area contributed by atoms with Gasteiger partial charge in [-0.3, -0.25) is 14.6 Å². The Balaban J connectivity index is 1.51. The van der Waals surface area contributed by atoms with Crippen LogP contribution in [0.5, 0.6) is 5.88 Å². The van der Waals surface area contributed by atoms with Crippen molar-refractivity contribution in [1.82, 2.24) is 9.97 Å². The fourth-order valence-electron chi connectivity index (χ4n) is 4.75. The zero-order valence-electron chi connectivity index (χ0n) is 21.8. The number of Topliss-reactive ketones (excluding diaryl/α,β-unsaturated/α-hetero) is 1. The molecule has 0 saturated carbocycles. The van der Waals surface area contributed by atoms with Crippen molar-refractivity contribution in [1.29, 1.82) is 0 Å². The van der Waals surface area contributed by atoms with Crippen molar-refractivity contribution >= 4 is 29.6 Å². The largest absolute Gasteiger partial charge is 0.472 e. The smallest absolute Gasteiger partial charge is 0.309 e. The Hall–Kier alpha value is -4.33. The van der Waals surface area contributed by atoms with Crippen LogP contribution < -0.4 is 9.64 Å². The standard InChI is InChI=1S/C30H30N4O4/c1-4-37-26(35)17-30(13-7-14-32-30)27(36)24-18-31-29(34-15-12-23-8-5-6-9-25(23)34)33-28(24)38-19-22-11-10-20(2)21(3)16-22/h5-11,13-14,16,18H,4,12,15,17,19H2,1-3H3. The van der Waals surface area contributed by atoms with Crippen molar-refractivity contribution in [3.05, 3.63) is 88.6 Å². The summed E-state index contributed by atoms with van der Waals surface area (Å²) < 4.78 is 11.3. The van der Waals surface area contributed by atoms with Crippen LogP contribution in [0.25, 0.3) is 0 Å². The average molecular weight is 511 g/mol. The second-order valence-electron chi connectivity index (χ2n) is 9.50. The Labute approximate surface area is 222 Å². The molecular weight excluding hydrogens is 480 g/mol. The third-order valence-electron chi connectivity index (χ3n) is 6.94. The third kappa shape index (κ3) is 4.94. The maximum Gasteiger partial charge on any atom is 0.309 e. The lowest BCUT2D eigenvalue weighted by Crippen LogP contribution is -2.37. The number of benzene rings is 2. The van der Waals surface area contributed by atoms with Gasteiger partial charge in [-0.1, -0.05) is 36.4 Å². The van der Waals surface area contributed by atoms with Crippen LogP contribution >= 0.6 is 0 Å². The van der Waals surface area contributed by atoms with Crippen LogP contribution in [0.4, 0.5) is 11.6 Å². The van der Waals surface area contributed by atoms with Crippen LogP contribution in [0.3, 0.4) is 0 Å². The highest BCUT2D eigenvalue weighted by molar-refractivity contribution is 6.10. The first-order valence-corrected chi connectivity index (χ1v) is 12.7. The fraction of sp³-hybridized carbons (Fsp3) is 0.300. The van der Waals surface area contributed by atoms with Crippen LogP contribution in [0.2, 0.25) is 0 Å². The Morgan fingerprint density at radius 1 is 1.11 bits per heavy atom. The minimum Gasteiger partial charge on any atom is -0.472 e. The average Bonchev–Trinajstić information content (AvgIpc) is 3.57. The molecule has 0 bridgehead atoms. The summed E-state index contributed by atoms with van der Waals surface area (Å²) in [5.41, 5.74) is 4.29. The number of para-hydroxylation sites is 1. The molecule has 8 heteroatoms. The Kier molecular flexibility index (Phi) is 7.05. The van der Waals surface area contributed by atoms with Crippen LogP contribution in [0.15, 0.2) is 65.8 Å². The number of esters is 1. The molecule has 2 aliphatic rings. The molecule has 3 aromatic rings. The van der Waals surface area contributed by atoms with Gasteiger partial charge in [0.1, 0.15) is 12.2 Å². The maximum absolute atomic E-state index is 13.9. The number of allylic oxidation sites excluding steroid dienone is 1. The zero-order chi connectivity index (χ0) is 26.7. The lowest BCUT2D eigenvalue weighted by molar-refractivity contribution is -0.143. The highest BCUT2D eigenvalue weighted by Gasteiger charge is 2.42. The third-order valence-corrected chi connectivity index (χ3v) is 6.94. The number of rotatable bonds is 9. The van der Waals surface area contributed by atoms with E-state index < -0.39 is 17.3 Å². The number of carbonyl (C=O) groups is 2. The van der Waals surface area contributed by atoms with E-state index in [1.807, 2.05) is 42.2 Å². The number of ether oxygens (including phenoxy) is 2. The van der Waals surface area contributed by atoms with Gasteiger partial charge in [0.15, 0.2) is 5.54 Å². The number of aromatic nitrogens is 2. The van der Waals surface area contributed by atoms with Crippen LogP contribution in [0.1, 0.15) is 46.0 Å². The highest BCUT2D eigenvalue weighted by Crippen LogP contribution is 2.35. The van der Waals surface area contributed by atoms with E-state index >= 15 is 0 Å². The van der Waals surface area contributed by atoms with Crippen molar-refractivity contribution < 1.29 is 19.1 Å². The number of nitrogens with zero attached hydrogens (tertiary/aromatic N) is 4. The Morgan fingerprint density at radius 2 is 1.95 bits per heavy atom. The van der Waals surface area contributed by atoms with E-state index in [4.69, 9.17) is 14.5 Å². The molecule has 0 radical (unpaired) electrons. The zero-order valence-corrected chi connectivity index (χ0v) is 21.8. The van der Waals surface area contributed by atoms with Gasteiger partial charge in [0.2, 0.25) is 17.6 Å². The molecule has 1 unspecified atom stereocenters. The van der Waals surface area contributed by atoms with E-state index in [1.54, 1.807) is 19.1 Å². The summed E-state index contributed by atoms with van der Waals surface area (Å²) in [4.78, 5) is 42.0. The van der Waals surface area contributed by atoms with Gasteiger partial charge in [0.25, 0.3) is 0 Å². The lowest BCUT2D eigenvalue weighted by Gasteiger charge is -2.24. The van der Waals surface area contributed by atoms with Crippen molar-refractivity contribution in [2.24, 2.45) is 4.99 Å². The first-order valence-electron chi connectivity index (χ1n) is 12.7. The molecule has 0 amide bonds. The van der Waals surface area contributed by atoms with E-state index in [1.165, 1.54) is 23.5 Å². The molecule has 8 nitrogen and oxygen atoms in total. The molecule has 0 saturated heterocycles. The molecule has 0 N–H and O–H groups in total. The van der Waals surface area contributed by atoms with Crippen molar-refractivity contribution in [3.8, 4) is 5.88 Å². The number of hydrogen-bond donors (Lipinski definition) is 0. The monoisotopic (exact) mass is 510 g/mol. The molecule has 0 spiro atoms. The molecule has 0 aliphatic carbocycles. The van der Waals surface area contributed by atoms with Gasteiger partial charge in [0, 0.05) is 24.6 Å². The molecule has 2 aliphatic heterocycles. The second kappa shape index (κ2) is 10.6. The minimum absolute atomic E-state index is 0.154. The first-order chi connectivity index (χ1) is 18.4. The van der Waals surface area contributed by atoms with E-state index in [9.17, 15) is 9.59 Å². The van der Waals surface area contributed by atoms with Gasteiger partial charge in [-0.15, -0.1) is 0 Å². The minimum atomic E-state index is -1.42. The number of carbonyl (C=O) groups excluding carboxylic acids is 2. The van der Waals surface area contributed by atoms with E-state index in [-0.39, 0.29) is 31.1 Å². The van der Waals surface area contributed by atoms with Crippen molar-refractivity contribution in [3.63, 3.8) is 0 Å². The van der Waals surface area contributed by atoms with Gasteiger partial charge >= 0.3 is 5.97 Å². The quantitative estimate of drug-likeness (QED) is 0.299. The maximum atomic E-state index is 13.9. The van der Waals surface area contributed by atoms with Crippen LogP contribution in [-0.2, 0) is 22.6 Å². The summed E-state index contributed by atoms with van der Waals surface area (Å²) in [7, 11) is 0. The summed E-state index contributed by atoms with van der Waals surface area (Å²) in [6.07, 6.45) is 6.93. The summed E-state index contributed by atoms with van der Waals surface area (Å²) in [5, 5.41) is 0. The summed E-state index contributed by atoms with van der Waals surface area (Å²) in [5.74, 6) is -0.319. The van der Waals surface area contributed by atoms with Gasteiger partial charge in [0.05, 0.1) is 13.0 Å². The first kappa shape index (κ1) is 25.3. The number of aliphatic imine (C=N–C) groups is 1. The van der Waals surface area contributed by atoms with Gasteiger partial charge < -0.3 is 14.4 Å². The van der Waals surface area contributed by atoms with E-state index in [0.29, 0.717) is 5.95 Å². The predicted molar refractivity (Wildman–Crippen MR) is 145 cm³/mol. The lowest BCUT2D eigenvalue weighted by atomic mass is 9.88. The van der Waals surface area contributed by atoms with Crippen LogP contribution in [-0.4, -0.2) is 46.6 Å². The predicted octanol–water partition coefficient (Wildman–Crippen LogP) is 4.88. The van der Waals surface area contributed by atoms with Crippen molar-refractivity contribution in [2.45, 2.75) is 45.8 Å². The normalized spacial score (nSPS) is 17.5. The molecule has 38 heavy (non-hydrogen) atoms. The second-order valence-corrected chi connectivity index (χ2v) is 9.50. The number of fused-ring (bicyclic) bond motifs is 1. The topological polar surface area (TPSA) is 94.0 Å². The van der Waals surface area contributed by atoms with Gasteiger partial charge in [-0.05, 0) is 67.7 Å². The molecule has 2 aromatic carbocycles. The van der Waals surface area contributed by atoms with Gasteiger partial charge in [-0.2, -0.15) is 4.98 Å². The molecule has 3 heterocycles. The number of aryl methyl sites for hydroxylation is 2. The SMILES string of the molecule is CCOC(=O)CC1(C(=O)c2cnc(N3CCc4ccccc43)nc2OCc2ccc(C)c(C)c2)C=CC=N1. The number of ketones is 1. The van der Waals surface area contributed by atoms with E-state index in [2.05, 4.69) is 29.0 Å². The summed E-state index contributed by atoms with van der Waals surface area (Å²) in [6.45, 7) is 6.99. The number of hydrogen-bond acceptors (Lipinski definition) is 8. The Bertz CT molecular complexity index is 1430. The molecule has 1 aromatic heterocycles. The summed E-state index contributed by atoms with van der Waals surface area (Å²) in [6, 6.07) is 14.2.